The van der Waals surface area contributed by atoms with E-state index in [9.17, 15) is 14.4 Å². The highest BCUT2D eigenvalue weighted by Crippen LogP contribution is 2.32. The average Bonchev–Trinajstić information content (AvgIpc) is 3.32. The maximum atomic E-state index is 15.5. The van der Waals surface area contributed by atoms with E-state index in [2.05, 4.69) is 10.2 Å². The molecule has 2 aromatic carbocycles. The Kier molecular flexibility index (Phi) is 8.50. The zero-order chi connectivity index (χ0) is 30.1. The van der Waals surface area contributed by atoms with Crippen molar-refractivity contribution >= 4 is 22.6 Å². The number of carbonyl (C=O) groups excluding carboxylic acids is 2. The maximum absolute atomic E-state index is 15.5. The summed E-state index contributed by atoms with van der Waals surface area (Å²) in [6.07, 6.45) is 5.82. The minimum absolute atomic E-state index is 0.00863. The first-order chi connectivity index (χ1) is 20.7. The summed E-state index contributed by atoms with van der Waals surface area (Å²) in [5.74, 6) is -0.160. The van der Waals surface area contributed by atoms with Gasteiger partial charge in [0.2, 0.25) is 5.91 Å². The maximum Gasteiger partial charge on any atom is 0.258 e. The fraction of sp³-hybridized carbons (Fsp3) is 0.485. The fourth-order valence-corrected chi connectivity index (χ4v) is 6.55. The van der Waals surface area contributed by atoms with Crippen LogP contribution in [0.2, 0.25) is 0 Å². The molecular formula is C33H39FN4O5. The van der Waals surface area contributed by atoms with Gasteiger partial charge >= 0.3 is 0 Å². The van der Waals surface area contributed by atoms with Gasteiger partial charge < -0.3 is 29.2 Å². The van der Waals surface area contributed by atoms with Crippen molar-refractivity contribution in [2.24, 2.45) is 13.0 Å². The van der Waals surface area contributed by atoms with E-state index in [4.69, 9.17) is 9.47 Å². The van der Waals surface area contributed by atoms with E-state index in [1.807, 2.05) is 13.0 Å². The van der Waals surface area contributed by atoms with Gasteiger partial charge in [-0.1, -0.05) is 6.92 Å². The molecule has 0 bridgehead atoms. The fourth-order valence-electron chi connectivity index (χ4n) is 6.55. The number of rotatable bonds is 7. The molecule has 1 N–H and O–H groups in total. The van der Waals surface area contributed by atoms with Crippen molar-refractivity contribution in [1.29, 1.82) is 0 Å². The first-order valence-corrected chi connectivity index (χ1v) is 15.3. The number of hydrogen-bond acceptors (Lipinski definition) is 6. The van der Waals surface area contributed by atoms with Gasteiger partial charge in [-0.05, 0) is 73.4 Å². The van der Waals surface area contributed by atoms with Crippen molar-refractivity contribution in [3.8, 4) is 11.5 Å². The number of likely N-dealkylation sites (tertiary alicyclic amines) is 2. The Hall–Kier alpha value is -3.76. The third-order valence-electron chi connectivity index (χ3n) is 9.02. The summed E-state index contributed by atoms with van der Waals surface area (Å²) in [5.41, 5.74) is 0.262. The van der Waals surface area contributed by atoms with Crippen LogP contribution in [0.15, 0.2) is 47.4 Å². The topological polar surface area (TPSA) is 93.1 Å². The Morgan fingerprint density at radius 1 is 1.07 bits per heavy atom. The van der Waals surface area contributed by atoms with Crippen LogP contribution in [-0.4, -0.2) is 71.1 Å². The Morgan fingerprint density at radius 2 is 1.84 bits per heavy atom. The second-order valence-corrected chi connectivity index (χ2v) is 12.2. The third kappa shape index (κ3) is 6.45. The van der Waals surface area contributed by atoms with Crippen LogP contribution in [0.1, 0.15) is 54.9 Å². The number of carbonyl (C=O) groups is 2. The van der Waals surface area contributed by atoms with Gasteiger partial charge in [0.25, 0.3) is 11.5 Å². The molecule has 3 fully saturated rings. The lowest BCUT2D eigenvalue weighted by molar-refractivity contribution is -0.128. The first kappa shape index (κ1) is 29.3. The van der Waals surface area contributed by atoms with Crippen molar-refractivity contribution in [3.05, 3.63) is 69.9 Å². The van der Waals surface area contributed by atoms with Gasteiger partial charge in [-0.2, -0.15) is 0 Å². The molecule has 9 nitrogen and oxygen atoms in total. The summed E-state index contributed by atoms with van der Waals surface area (Å²) in [7, 11) is 1.69. The highest BCUT2D eigenvalue weighted by molar-refractivity contribution is 5.95. The van der Waals surface area contributed by atoms with E-state index in [1.165, 1.54) is 16.7 Å². The Morgan fingerprint density at radius 3 is 2.56 bits per heavy atom. The summed E-state index contributed by atoms with van der Waals surface area (Å²) in [4.78, 5) is 42.6. The van der Waals surface area contributed by atoms with Crippen molar-refractivity contribution in [3.63, 3.8) is 0 Å². The van der Waals surface area contributed by atoms with Crippen LogP contribution in [0.3, 0.4) is 0 Å². The van der Waals surface area contributed by atoms with Crippen LogP contribution in [0.25, 0.3) is 10.8 Å². The molecule has 2 amide bonds. The van der Waals surface area contributed by atoms with Gasteiger partial charge in [0.15, 0.2) is 0 Å². The van der Waals surface area contributed by atoms with E-state index in [1.54, 1.807) is 36.3 Å². The molecule has 1 atom stereocenters. The zero-order valence-corrected chi connectivity index (χ0v) is 24.8. The number of halogens is 1. The van der Waals surface area contributed by atoms with Gasteiger partial charge in [-0.3, -0.25) is 14.4 Å². The molecule has 3 saturated heterocycles. The van der Waals surface area contributed by atoms with Crippen LogP contribution >= 0.6 is 0 Å². The highest BCUT2D eigenvalue weighted by Gasteiger charge is 2.30. The SMILES string of the molecule is CC1CC(=O)N(Cc2cc(F)c(C(=O)NC3CCN(C4CCOCC4)CC3)cc2Oc2ccc3c(=O)n(C)ccc3c2)C1. The largest absolute Gasteiger partial charge is 0.457 e. The summed E-state index contributed by atoms with van der Waals surface area (Å²) < 4.78 is 28.8. The second kappa shape index (κ2) is 12.5. The van der Waals surface area contributed by atoms with Gasteiger partial charge in [0, 0.05) is 82.1 Å². The molecule has 3 aliphatic heterocycles. The van der Waals surface area contributed by atoms with Crippen molar-refractivity contribution < 1.29 is 23.5 Å². The average molecular weight is 591 g/mol. The van der Waals surface area contributed by atoms with Crippen LogP contribution < -0.4 is 15.6 Å². The number of fused-ring (bicyclic) bond motifs is 1. The predicted octanol–water partition coefficient (Wildman–Crippen LogP) is 4.21. The number of aromatic nitrogens is 1. The Labute approximate surface area is 250 Å². The lowest BCUT2D eigenvalue weighted by atomic mass is 9.99. The molecule has 1 unspecified atom stereocenters. The molecule has 4 heterocycles. The minimum Gasteiger partial charge on any atom is -0.457 e. The van der Waals surface area contributed by atoms with Crippen LogP contribution in [0, 0.1) is 11.7 Å². The molecular weight excluding hydrogens is 551 g/mol. The lowest BCUT2D eigenvalue weighted by Crippen LogP contribution is -2.49. The van der Waals surface area contributed by atoms with Crippen molar-refractivity contribution in [1.82, 2.24) is 19.7 Å². The molecule has 0 radical (unpaired) electrons. The zero-order valence-electron chi connectivity index (χ0n) is 24.8. The van der Waals surface area contributed by atoms with Crippen LogP contribution in [0.5, 0.6) is 11.5 Å². The summed E-state index contributed by atoms with van der Waals surface area (Å²) in [5, 5.41) is 4.30. The first-order valence-electron chi connectivity index (χ1n) is 15.3. The van der Waals surface area contributed by atoms with Gasteiger partial charge in [0.1, 0.15) is 17.3 Å². The van der Waals surface area contributed by atoms with Crippen LogP contribution in [0.4, 0.5) is 4.39 Å². The molecule has 0 spiro atoms. The molecule has 0 aliphatic carbocycles. The number of benzene rings is 2. The Bertz CT molecular complexity index is 1580. The molecule has 228 valence electrons. The number of amides is 2. The highest BCUT2D eigenvalue weighted by atomic mass is 19.1. The predicted molar refractivity (Wildman–Crippen MR) is 161 cm³/mol. The molecule has 6 rings (SSSR count). The molecule has 43 heavy (non-hydrogen) atoms. The smallest absolute Gasteiger partial charge is 0.258 e. The number of nitrogens with one attached hydrogen (secondary N) is 1. The molecule has 3 aromatic rings. The van der Waals surface area contributed by atoms with Gasteiger partial charge in [-0.25, -0.2) is 4.39 Å². The number of aryl methyl sites for hydroxylation is 1. The number of hydrogen-bond donors (Lipinski definition) is 1. The summed E-state index contributed by atoms with van der Waals surface area (Å²) >= 11 is 0. The molecule has 0 saturated carbocycles. The van der Waals surface area contributed by atoms with E-state index >= 15 is 4.39 Å². The monoisotopic (exact) mass is 590 g/mol. The van der Waals surface area contributed by atoms with E-state index in [0.29, 0.717) is 46.8 Å². The quantitative estimate of drug-likeness (QED) is 0.443. The van der Waals surface area contributed by atoms with Crippen molar-refractivity contribution in [2.75, 3.05) is 32.8 Å². The third-order valence-corrected chi connectivity index (χ3v) is 9.02. The lowest BCUT2D eigenvalue weighted by Gasteiger charge is -2.39. The number of nitrogens with zero attached hydrogens (tertiary/aromatic N) is 3. The second-order valence-electron chi connectivity index (χ2n) is 12.2. The van der Waals surface area contributed by atoms with Crippen LogP contribution in [-0.2, 0) is 23.1 Å². The molecule has 3 aliphatic rings. The summed E-state index contributed by atoms with van der Waals surface area (Å²) in [6, 6.07) is 10.2. The van der Waals surface area contributed by atoms with Crippen molar-refractivity contribution in [2.45, 2.75) is 57.7 Å². The Balaban J connectivity index is 1.23. The van der Waals surface area contributed by atoms with Gasteiger partial charge in [0.05, 0.1) is 5.56 Å². The standard InChI is InChI=1S/C33H39FN4O5/c1-21-15-31(39)38(19-21)20-23-17-29(34)28(32(40)35-24-6-11-37(12-7-24)25-8-13-42-14-9-25)18-30(23)43-26-3-4-27-22(16-26)5-10-36(2)33(27)41/h3-5,10,16-18,21,24-25H,6-9,11-15,19-20H2,1-2H3,(H,35,40). The number of piperidine rings is 1. The number of pyridine rings is 1. The minimum atomic E-state index is -0.652. The molecule has 10 heteroatoms. The summed E-state index contributed by atoms with van der Waals surface area (Å²) in [6.45, 7) is 6.13. The normalized spacial score (nSPS) is 20.6. The number of ether oxygens (including phenoxy) is 2. The van der Waals surface area contributed by atoms with Gasteiger partial charge in [-0.15, -0.1) is 0 Å². The molecule has 1 aromatic heterocycles. The van der Waals surface area contributed by atoms with E-state index in [0.717, 1.165) is 52.0 Å². The van der Waals surface area contributed by atoms with E-state index in [-0.39, 0.29) is 35.5 Å². The van der Waals surface area contributed by atoms with E-state index < -0.39 is 11.7 Å².